The van der Waals surface area contributed by atoms with E-state index in [1.54, 1.807) is 6.07 Å². The quantitative estimate of drug-likeness (QED) is 0.863. The topological polar surface area (TPSA) is 46.3 Å². The molecule has 0 saturated carbocycles. The predicted octanol–water partition coefficient (Wildman–Crippen LogP) is 2.73. The minimum absolute atomic E-state index is 0.102. The van der Waals surface area contributed by atoms with E-state index in [4.69, 9.17) is 18.0 Å². The molecule has 1 aromatic rings. The number of hydrogen-bond acceptors (Lipinski definition) is 2. The summed E-state index contributed by atoms with van der Waals surface area (Å²) >= 11 is 4.96. The van der Waals surface area contributed by atoms with Crippen LogP contribution in [0.1, 0.15) is 48.5 Å². The second-order valence-electron chi connectivity index (χ2n) is 5.00. The molecule has 1 amide bonds. The summed E-state index contributed by atoms with van der Waals surface area (Å²) in [5, 5.41) is 0. The van der Waals surface area contributed by atoms with E-state index in [1.807, 2.05) is 23.1 Å². The van der Waals surface area contributed by atoms with Crippen molar-refractivity contribution in [2.45, 2.75) is 38.6 Å². The zero-order chi connectivity index (χ0) is 13.8. The Bertz CT molecular complexity index is 487. The maximum atomic E-state index is 12.6. The van der Waals surface area contributed by atoms with Crippen LogP contribution in [0.3, 0.4) is 0 Å². The Labute approximate surface area is 119 Å². The standard InChI is InChI=1S/C15H20N2OS/c1-2-13-8-3-4-9-17(13)15(18)12-7-5-6-11(10-12)14(16)19/h5-7,10,13H,2-4,8-9H2,1H3,(H2,16,19). The highest BCUT2D eigenvalue weighted by atomic mass is 32.1. The first-order chi connectivity index (χ1) is 9.13. The zero-order valence-electron chi connectivity index (χ0n) is 11.3. The summed E-state index contributed by atoms with van der Waals surface area (Å²) in [6.45, 7) is 3.00. The lowest BCUT2D eigenvalue weighted by atomic mass is 9.98. The molecule has 2 N–H and O–H groups in total. The van der Waals surface area contributed by atoms with Crippen LogP contribution in [-0.4, -0.2) is 28.4 Å². The van der Waals surface area contributed by atoms with E-state index in [0.29, 0.717) is 16.6 Å². The average Bonchev–Trinajstić information content (AvgIpc) is 2.46. The van der Waals surface area contributed by atoms with Gasteiger partial charge in [-0.2, -0.15) is 0 Å². The van der Waals surface area contributed by atoms with Crippen LogP contribution in [0.5, 0.6) is 0 Å². The van der Waals surface area contributed by atoms with Gasteiger partial charge in [0.2, 0.25) is 0 Å². The van der Waals surface area contributed by atoms with E-state index >= 15 is 0 Å². The van der Waals surface area contributed by atoms with Crippen LogP contribution >= 0.6 is 12.2 Å². The molecule has 1 saturated heterocycles. The minimum atomic E-state index is 0.102. The molecule has 0 bridgehead atoms. The molecule has 19 heavy (non-hydrogen) atoms. The van der Waals surface area contributed by atoms with Crippen LogP contribution in [0.2, 0.25) is 0 Å². The maximum absolute atomic E-state index is 12.6. The number of carbonyl (C=O) groups is 1. The smallest absolute Gasteiger partial charge is 0.254 e. The molecule has 0 aromatic heterocycles. The van der Waals surface area contributed by atoms with Crippen molar-refractivity contribution < 1.29 is 4.79 Å². The van der Waals surface area contributed by atoms with Gasteiger partial charge in [0.25, 0.3) is 5.91 Å². The van der Waals surface area contributed by atoms with Gasteiger partial charge in [0.15, 0.2) is 0 Å². The normalized spacial score (nSPS) is 19.2. The van der Waals surface area contributed by atoms with Gasteiger partial charge in [0.05, 0.1) is 0 Å². The van der Waals surface area contributed by atoms with Crippen LogP contribution in [0.15, 0.2) is 24.3 Å². The van der Waals surface area contributed by atoms with Gasteiger partial charge in [-0.1, -0.05) is 31.3 Å². The first-order valence-corrected chi connectivity index (χ1v) is 7.25. The highest BCUT2D eigenvalue weighted by molar-refractivity contribution is 7.80. The van der Waals surface area contributed by atoms with Crippen molar-refractivity contribution in [2.24, 2.45) is 5.73 Å². The van der Waals surface area contributed by atoms with Crippen LogP contribution in [0.4, 0.5) is 0 Å². The van der Waals surface area contributed by atoms with Crippen LogP contribution < -0.4 is 5.73 Å². The summed E-state index contributed by atoms with van der Waals surface area (Å²) in [6, 6.07) is 7.69. The number of hydrogen-bond donors (Lipinski definition) is 1. The fraction of sp³-hybridized carbons (Fsp3) is 0.467. The molecular weight excluding hydrogens is 256 g/mol. The van der Waals surface area contributed by atoms with Gasteiger partial charge >= 0.3 is 0 Å². The van der Waals surface area contributed by atoms with E-state index in [2.05, 4.69) is 6.92 Å². The van der Waals surface area contributed by atoms with Crippen molar-refractivity contribution in [3.05, 3.63) is 35.4 Å². The van der Waals surface area contributed by atoms with Gasteiger partial charge in [-0.05, 0) is 37.8 Å². The molecule has 2 rings (SSSR count). The lowest BCUT2D eigenvalue weighted by Gasteiger charge is -2.35. The number of benzene rings is 1. The minimum Gasteiger partial charge on any atom is -0.389 e. The number of rotatable bonds is 3. The molecule has 1 fully saturated rings. The molecule has 0 spiro atoms. The van der Waals surface area contributed by atoms with Crippen molar-refractivity contribution >= 4 is 23.1 Å². The third-order valence-electron chi connectivity index (χ3n) is 3.75. The largest absolute Gasteiger partial charge is 0.389 e. The highest BCUT2D eigenvalue weighted by Gasteiger charge is 2.26. The number of amides is 1. The third-order valence-corrected chi connectivity index (χ3v) is 3.99. The Kier molecular flexibility index (Phi) is 4.53. The van der Waals surface area contributed by atoms with Crippen molar-refractivity contribution in [3.63, 3.8) is 0 Å². The molecule has 3 nitrogen and oxygen atoms in total. The number of carbonyl (C=O) groups excluding carboxylic acids is 1. The average molecular weight is 276 g/mol. The van der Waals surface area contributed by atoms with Gasteiger partial charge in [0.1, 0.15) is 4.99 Å². The van der Waals surface area contributed by atoms with Crippen molar-refractivity contribution in [2.75, 3.05) is 6.54 Å². The Balaban J connectivity index is 2.22. The Hall–Kier alpha value is -1.42. The van der Waals surface area contributed by atoms with E-state index in [9.17, 15) is 4.79 Å². The second-order valence-corrected chi connectivity index (χ2v) is 5.44. The maximum Gasteiger partial charge on any atom is 0.254 e. The van der Waals surface area contributed by atoms with Gasteiger partial charge < -0.3 is 10.6 Å². The van der Waals surface area contributed by atoms with Gasteiger partial charge in [0, 0.05) is 23.7 Å². The lowest BCUT2D eigenvalue weighted by Crippen LogP contribution is -2.43. The Morgan fingerprint density at radius 2 is 2.16 bits per heavy atom. The first-order valence-electron chi connectivity index (χ1n) is 6.84. The SMILES string of the molecule is CCC1CCCCN1C(=O)c1cccc(C(N)=S)c1. The number of thiocarbonyl (C=S) groups is 1. The van der Waals surface area contributed by atoms with E-state index < -0.39 is 0 Å². The Morgan fingerprint density at radius 1 is 1.42 bits per heavy atom. The highest BCUT2D eigenvalue weighted by Crippen LogP contribution is 2.22. The number of nitrogens with two attached hydrogens (primary N) is 1. The van der Waals surface area contributed by atoms with E-state index in [0.717, 1.165) is 31.4 Å². The molecule has 1 aliphatic heterocycles. The van der Waals surface area contributed by atoms with Crippen LogP contribution in [-0.2, 0) is 0 Å². The lowest BCUT2D eigenvalue weighted by molar-refractivity contribution is 0.0608. The third kappa shape index (κ3) is 3.13. The van der Waals surface area contributed by atoms with Crippen LogP contribution in [0.25, 0.3) is 0 Å². The number of piperidine rings is 1. The Morgan fingerprint density at radius 3 is 2.84 bits per heavy atom. The summed E-state index contributed by atoms with van der Waals surface area (Å²) in [7, 11) is 0. The molecule has 1 aliphatic rings. The number of nitrogens with zero attached hydrogens (tertiary/aromatic N) is 1. The predicted molar refractivity (Wildman–Crippen MR) is 81.3 cm³/mol. The molecule has 1 aromatic carbocycles. The van der Waals surface area contributed by atoms with E-state index in [-0.39, 0.29) is 5.91 Å². The summed E-state index contributed by atoms with van der Waals surface area (Å²) < 4.78 is 0. The molecule has 1 unspecified atom stereocenters. The van der Waals surface area contributed by atoms with Crippen molar-refractivity contribution in [3.8, 4) is 0 Å². The van der Waals surface area contributed by atoms with Gasteiger partial charge in [-0.3, -0.25) is 4.79 Å². The zero-order valence-corrected chi connectivity index (χ0v) is 12.1. The van der Waals surface area contributed by atoms with Crippen molar-refractivity contribution in [1.29, 1.82) is 0 Å². The monoisotopic (exact) mass is 276 g/mol. The van der Waals surface area contributed by atoms with Gasteiger partial charge in [-0.25, -0.2) is 0 Å². The molecule has 1 heterocycles. The summed E-state index contributed by atoms with van der Waals surface area (Å²) in [5.74, 6) is 0.102. The molecule has 0 radical (unpaired) electrons. The fourth-order valence-corrected chi connectivity index (χ4v) is 2.79. The number of likely N-dealkylation sites (tertiary alicyclic amines) is 1. The molecule has 1 atom stereocenters. The molecular formula is C15H20N2OS. The van der Waals surface area contributed by atoms with Gasteiger partial charge in [-0.15, -0.1) is 0 Å². The second kappa shape index (κ2) is 6.15. The molecule has 4 heteroatoms. The van der Waals surface area contributed by atoms with Crippen molar-refractivity contribution in [1.82, 2.24) is 4.90 Å². The van der Waals surface area contributed by atoms with Crippen LogP contribution in [0, 0.1) is 0 Å². The fourth-order valence-electron chi connectivity index (χ4n) is 2.66. The first kappa shape index (κ1) is 14.0. The van der Waals surface area contributed by atoms with E-state index in [1.165, 1.54) is 6.42 Å². The summed E-state index contributed by atoms with van der Waals surface area (Å²) in [6.07, 6.45) is 4.43. The molecule has 102 valence electrons. The molecule has 0 aliphatic carbocycles. The summed E-state index contributed by atoms with van der Waals surface area (Å²) in [5.41, 5.74) is 7.06. The summed E-state index contributed by atoms with van der Waals surface area (Å²) in [4.78, 5) is 14.9.